The number of aromatic nitrogens is 1. The van der Waals surface area contributed by atoms with Gasteiger partial charge in [0.2, 0.25) is 0 Å². The Morgan fingerprint density at radius 3 is 2.77 bits per heavy atom. The number of hydrogen-bond donors (Lipinski definition) is 1. The van der Waals surface area contributed by atoms with E-state index in [9.17, 15) is 14.9 Å². The molecule has 26 heavy (non-hydrogen) atoms. The summed E-state index contributed by atoms with van der Waals surface area (Å²) in [6.45, 7) is 1.05. The normalized spacial score (nSPS) is 11.2. The lowest BCUT2D eigenvalue weighted by Gasteiger charge is -2.19. The van der Waals surface area contributed by atoms with Gasteiger partial charge in [-0.05, 0) is 18.2 Å². The van der Waals surface area contributed by atoms with Gasteiger partial charge in [-0.1, -0.05) is 29.0 Å². The Morgan fingerprint density at radius 1 is 1.38 bits per heavy atom. The lowest BCUT2D eigenvalue weighted by molar-refractivity contribution is -0.856. The molecule has 1 amide bonds. The number of thiazole rings is 1. The van der Waals surface area contributed by atoms with Crippen LogP contribution in [0, 0.1) is 10.1 Å². The van der Waals surface area contributed by atoms with Gasteiger partial charge in [-0.2, -0.15) is 0 Å². The summed E-state index contributed by atoms with van der Waals surface area (Å²) in [5.74, 6) is -1.05. The Kier molecular flexibility index (Phi) is 5.21. The van der Waals surface area contributed by atoms with Crippen LogP contribution >= 0.6 is 22.9 Å². The molecule has 0 saturated heterocycles. The Labute approximate surface area is 157 Å². The van der Waals surface area contributed by atoms with Crippen LogP contribution in [-0.4, -0.2) is 43.0 Å². The largest absolute Gasteiger partial charge is 0.433 e. The standard InChI is InChI=1S/C16H15ClN4O4S/c1-19(2)8-9-20(15(22)11-6-7-13(25-11)21(23)24)16-18-14-10(17)4-3-5-12(14)26-16/h3-7H,8-9H2,1-2H3/p+1. The number of nitrogens with zero attached hydrogens (tertiary/aromatic N) is 3. The third-order valence-corrected chi connectivity index (χ3v) is 5.00. The number of furan rings is 1. The molecule has 0 aliphatic carbocycles. The average Bonchev–Trinajstić information content (AvgIpc) is 3.22. The van der Waals surface area contributed by atoms with E-state index in [1.165, 1.54) is 22.3 Å². The molecule has 0 aliphatic rings. The fourth-order valence-electron chi connectivity index (χ4n) is 2.31. The summed E-state index contributed by atoms with van der Waals surface area (Å²) in [4.78, 5) is 30.1. The van der Waals surface area contributed by atoms with Gasteiger partial charge in [-0.15, -0.1) is 0 Å². The first-order valence-electron chi connectivity index (χ1n) is 7.77. The number of fused-ring (bicyclic) bond motifs is 1. The van der Waals surface area contributed by atoms with Crippen molar-refractivity contribution in [3.8, 4) is 0 Å². The molecule has 3 rings (SSSR count). The van der Waals surface area contributed by atoms with Crippen LogP contribution in [0.15, 0.2) is 34.7 Å². The zero-order valence-corrected chi connectivity index (χ0v) is 15.6. The number of hydrogen-bond acceptors (Lipinski definition) is 6. The molecule has 0 fully saturated rings. The highest BCUT2D eigenvalue weighted by molar-refractivity contribution is 7.22. The van der Waals surface area contributed by atoms with Crippen LogP contribution in [-0.2, 0) is 0 Å². The predicted octanol–water partition coefficient (Wildman–Crippen LogP) is 2.24. The van der Waals surface area contributed by atoms with Crippen molar-refractivity contribution in [2.45, 2.75) is 0 Å². The van der Waals surface area contributed by atoms with Crippen LogP contribution in [0.25, 0.3) is 10.2 Å². The van der Waals surface area contributed by atoms with E-state index >= 15 is 0 Å². The molecule has 8 nitrogen and oxygen atoms in total. The number of halogens is 1. The van der Waals surface area contributed by atoms with Gasteiger partial charge in [0, 0.05) is 0 Å². The number of benzene rings is 1. The first-order valence-corrected chi connectivity index (χ1v) is 8.96. The van der Waals surface area contributed by atoms with E-state index in [-0.39, 0.29) is 5.76 Å². The van der Waals surface area contributed by atoms with E-state index in [1.807, 2.05) is 26.2 Å². The molecule has 0 unspecified atom stereocenters. The number of carbonyl (C=O) groups is 1. The second-order valence-corrected chi connectivity index (χ2v) is 7.31. The molecule has 2 aromatic heterocycles. The molecular weight excluding hydrogens is 380 g/mol. The average molecular weight is 396 g/mol. The molecule has 1 aromatic carbocycles. The third-order valence-electron chi connectivity index (χ3n) is 3.65. The fraction of sp³-hybridized carbons (Fsp3) is 0.250. The molecule has 10 heteroatoms. The maximum absolute atomic E-state index is 12.9. The van der Waals surface area contributed by atoms with Crippen molar-refractivity contribution in [3.63, 3.8) is 0 Å². The van der Waals surface area contributed by atoms with Gasteiger partial charge in [0.15, 0.2) is 10.9 Å². The summed E-state index contributed by atoms with van der Waals surface area (Å²) in [7, 11) is 3.94. The second kappa shape index (κ2) is 7.40. The van der Waals surface area contributed by atoms with Crippen LogP contribution in [0.4, 0.5) is 11.0 Å². The summed E-state index contributed by atoms with van der Waals surface area (Å²) >= 11 is 7.51. The van der Waals surface area contributed by atoms with Gasteiger partial charge in [0.25, 0.3) is 5.91 Å². The number of para-hydroxylation sites is 1. The molecule has 0 aliphatic heterocycles. The molecule has 3 aromatic rings. The topological polar surface area (TPSA) is 93.9 Å². The number of carbonyl (C=O) groups excluding carboxylic acids is 1. The minimum Gasteiger partial charge on any atom is -0.395 e. The van der Waals surface area contributed by atoms with Crippen molar-refractivity contribution in [3.05, 3.63) is 51.2 Å². The second-order valence-electron chi connectivity index (χ2n) is 5.89. The lowest BCUT2D eigenvalue weighted by atomic mass is 10.3. The minimum absolute atomic E-state index is 0.101. The van der Waals surface area contributed by atoms with E-state index in [0.717, 1.165) is 15.7 Å². The number of likely N-dealkylation sites (N-methyl/N-ethyl adjacent to an activating group) is 1. The Hall–Kier alpha value is -2.49. The number of nitro groups is 1. The number of quaternary nitrogens is 1. The molecule has 0 saturated carbocycles. The number of amides is 1. The molecule has 0 radical (unpaired) electrons. The molecule has 0 bridgehead atoms. The summed E-state index contributed by atoms with van der Waals surface area (Å²) in [5.41, 5.74) is 0.620. The Bertz CT molecular complexity index is 968. The number of nitrogens with one attached hydrogen (secondary N) is 1. The lowest BCUT2D eigenvalue weighted by Crippen LogP contribution is -3.06. The van der Waals surface area contributed by atoms with Crippen LogP contribution < -0.4 is 9.80 Å². The summed E-state index contributed by atoms with van der Waals surface area (Å²) in [6, 6.07) is 7.89. The molecule has 2 heterocycles. The van der Waals surface area contributed by atoms with Crippen molar-refractivity contribution in [2.75, 3.05) is 32.1 Å². The van der Waals surface area contributed by atoms with Crippen molar-refractivity contribution >= 4 is 50.1 Å². The molecular formula is C16H16ClN4O4S+. The highest BCUT2D eigenvalue weighted by atomic mass is 35.5. The summed E-state index contributed by atoms with van der Waals surface area (Å²) in [5, 5.41) is 11.8. The molecule has 0 spiro atoms. The minimum atomic E-state index is -0.678. The van der Waals surface area contributed by atoms with E-state index in [2.05, 4.69) is 4.98 Å². The van der Waals surface area contributed by atoms with Crippen LogP contribution in [0.3, 0.4) is 0 Å². The fourth-order valence-corrected chi connectivity index (χ4v) is 3.60. The van der Waals surface area contributed by atoms with E-state index in [0.29, 0.717) is 28.8 Å². The van der Waals surface area contributed by atoms with Crippen molar-refractivity contribution in [2.24, 2.45) is 0 Å². The van der Waals surface area contributed by atoms with Gasteiger partial charge in [0.1, 0.15) is 10.4 Å². The third kappa shape index (κ3) is 3.69. The van der Waals surface area contributed by atoms with Gasteiger partial charge in [-0.3, -0.25) is 19.8 Å². The van der Waals surface area contributed by atoms with Gasteiger partial charge in [0.05, 0.1) is 43.0 Å². The zero-order valence-electron chi connectivity index (χ0n) is 14.1. The van der Waals surface area contributed by atoms with Crippen molar-refractivity contribution in [1.82, 2.24) is 4.98 Å². The monoisotopic (exact) mass is 395 g/mol. The van der Waals surface area contributed by atoms with Crippen molar-refractivity contribution in [1.29, 1.82) is 0 Å². The quantitative estimate of drug-likeness (QED) is 0.510. The zero-order chi connectivity index (χ0) is 18.8. The highest BCUT2D eigenvalue weighted by Crippen LogP contribution is 2.33. The van der Waals surface area contributed by atoms with E-state index in [1.54, 1.807) is 6.07 Å². The Balaban J connectivity index is 1.98. The van der Waals surface area contributed by atoms with Gasteiger partial charge >= 0.3 is 5.88 Å². The van der Waals surface area contributed by atoms with Crippen LogP contribution in [0.1, 0.15) is 10.6 Å². The summed E-state index contributed by atoms with van der Waals surface area (Å²) in [6.07, 6.45) is 0. The predicted molar refractivity (Wildman–Crippen MR) is 99.3 cm³/mol. The van der Waals surface area contributed by atoms with Crippen molar-refractivity contribution < 1.29 is 19.0 Å². The maximum atomic E-state index is 12.9. The SMILES string of the molecule is C[NH+](C)CCN(C(=O)c1ccc([N+](=O)[O-])o1)c1nc2c(Cl)cccc2s1. The van der Waals surface area contributed by atoms with E-state index in [4.69, 9.17) is 16.0 Å². The first-order chi connectivity index (χ1) is 12.4. The Morgan fingerprint density at radius 2 is 2.15 bits per heavy atom. The van der Waals surface area contributed by atoms with Gasteiger partial charge in [-0.25, -0.2) is 4.98 Å². The van der Waals surface area contributed by atoms with Gasteiger partial charge < -0.3 is 9.32 Å². The van der Waals surface area contributed by atoms with Crippen LogP contribution in [0.5, 0.6) is 0 Å². The molecule has 0 atom stereocenters. The molecule has 136 valence electrons. The number of anilines is 1. The molecule has 1 N–H and O–H groups in total. The highest BCUT2D eigenvalue weighted by Gasteiger charge is 2.26. The maximum Gasteiger partial charge on any atom is 0.433 e. The summed E-state index contributed by atoms with van der Waals surface area (Å²) < 4.78 is 5.92. The smallest absolute Gasteiger partial charge is 0.395 e. The van der Waals surface area contributed by atoms with Crippen LogP contribution in [0.2, 0.25) is 5.02 Å². The van der Waals surface area contributed by atoms with E-state index < -0.39 is 16.7 Å². The first kappa shape index (κ1) is 18.3. The number of rotatable bonds is 6.